The normalized spacial score (nSPS) is 10.9. The Morgan fingerprint density at radius 3 is 2.88 bits per heavy atom. The van der Waals surface area contributed by atoms with E-state index in [4.69, 9.17) is 9.15 Å². The first-order valence-corrected chi connectivity index (χ1v) is 4.87. The quantitative estimate of drug-likeness (QED) is 0.786. The van der Waals surface area contributed by atoms with Gasteiger partial charge in [-0.2, -0.15) is 0 Å². The van der Waals surface area contributed by atoms with E-state index >= 15 is 0 Å². The molecule has 16 heavy (non-hydrogen) atoms. The van der Waals surface area contributed by atoms with Crippen LogP contribution in [0.2, 0.25) is 0 Å². The fraction of sp³-hybridized carbons (Fsp3) is 0.250. The van der Waals surface area contributed by atoms with Crippen molar-refractivity contribution in [1.29, 1.82) is 0 Å². The summed E-state index contributed by atoms with van der Waals surface area (Å²) in [4.78, 5) is 11.6. The number of rotatable bonds is 2. The van der Waals surface area contributed by atoms with Crippen LogP contribution in [0.3, 0.4) is 0 Å². The zero-order valence-corrected chi connectivity index (χ0v) is 9.11. The Morgan fingerprint density at radius 1 is 1.44 bits per heavy atom. The second kappa shape index (κ2) is 3.98. The van der Waals surface area contributed by atoms with Gasteiger partial charge in [-0.3, -0.25) is 0 Å². The van der Waals surface area contributed by atoms with E-state index in [0.717, 1.165) is 10.9 Å². The average molecular weight is 220 g/mol. The van der Waals surface area contributed by atoms with Crippen molar-refractivity contribution in [3.63, 3.8) is 0 Å². The lowest BCUT2D eigenvalue weighted by atomic mass is 10.1. The summed E-state index contributed by atoms with van der Waals surface area (Å²) in [5.74, 6) is 0.146. The van der Waals surface area contributed by atoms with Crippen molar-refractivity contribution in [2.24, 2.45) is 0 Å². The molecule has 1 N–H and O–H groups in total. The van der Waals surface area contributed by atoms with Crippen molar-refractivity contribution in [1.82, 2.24) is 0 Å². The third-order valence-corrected chi connectivity index (χ3v) is 2.56. The molecule has 4 heteroatoms. The summed E-state index contributed by atoms with van der Waals surface area (Å²) in [6, 6.07) is 4.64. The number of methoxy groups -OCH3 is 1. The number of phenolic OH excluding ortho intramolecular Hbond substituents is 1. The van der Waals surface area contributed by atoms with Gasteiger partial charge in [0, 0.05) is 12.5 Å². The molecule has 1 aromatic heterocycles. The van der Waals surface area contributed by atoms with Crippen molar-refractivity contribution in [3.05, 3.63) is 39.7 Å². The van der Waals surface area contributed by atoms with E-state index < -0.39 is 5.63 Å². The minimum atomic E-state index is -0.391. The Hall–Kier alpha value is -1.81. The molecule has 4 nitrogen and oxygen atoms in total. The van der Waals surface area contributed by atoms with Gasteiger partial charge in [0.15, 0.2) is 0 Å². The van der Waals surface area contributed by atoms with Gasteiger partial charge in [-0.15, -0.1) is 0 Å². The lowest BCUT2D eigenvalue weighted by molar-refractivity contribution is 0.181. The molecule has 0 saturated heterocycles. The first-order chi connectivity index (χ1) is 7.63. The monoisotopic (exact) mass is 220 g/mol. The molecule has 0 amide bonds. The molecule has 0 aliphatic carbocycles. The highest BCUT2D eigenvalue weighted by atomic mass is 16.5. The van der Waals surface area contributed by atoms with Crippen LogP contribution in [0.4, 0.5) is 0 Å². The lowest BCUT2D eigenvalue weighted by Gasteiger charge is -2.06. The molecular formula is C12H12O4. The van der Waals surface area contributed by atoms with Crippen molar-refractivity contribution >= 4 is 11.0 Å². The molecule has 0 bridgehead atoms. The Bertz CT molecular complexity index is 583. The van der Waals surface area contributed by atoms with Gasteiger partial charge in [0.25, 0.3) is 0 Å². The zero-order valence-electron chi connectivity index (χ0n) is 9.11. The fourth-order valence-electron chi connectivity index (χ4n) is 1.69. The minimum Gasteiger partial charge on any atom is -0.508 e. The summed E-state index contributed by atoms with van der Waals surface area (Å²) >= 11 is 0. The Morgan fingerprint density at radius 2 is 2.19 bits per heavy atom. The molecule has 84 valence electrons. The van der Waals surface area contributed by atoms with E-state index in [0.29, 0.717) is 11.1 Å². The van der Waals surface area contributed by atoms with Crippen LogP contribution in [0.25, 0.3) is 11.0 Å². The Balaban J connectivity index is 2.79. The molecule has 0 atom stereocenters. The van der Waals surface area contributed by atoms with E-state index in [2.05, 4.69) is 0 Å². The van der Waals surface area contributed by atoms with Crippen LogP contribution in [0.1, 0.15) is 11.1 Å². The summed E-state index contributed by atoms with van der Waals surface area (Å²) in [6.45, 7) is 2.02. The van der Waals surface area contributed by atoms with Crippen molar-refractivity contribution in [2.45, 2.75) is 13.5 Å². The van der Waals surface area contributed by atoms with Crippen LogP contribution < -0.4 is 5.63 Å². The number of phenols is 1. The van der Waals surface area contributed by atoms with Gasteiger partial charge in [0.05, 0.1) is 12.2 Å². The smallest absolute Gasteiger partial charge is 0.342 e. The number of hydrogen-bond donors (Lipinski definition) is 1. The maximum absolute atomic E-state index is 11.6. The second-order valence-corrected chi connectivity index (χ2v) is 3.61. The van der Waals surface area contributed by atoms with E-state index in [1.165, 1.54) is 13.2 Å². The standard InChI is InChI=1S/C12H12O4/c1-7-9-5-8(13)3-4-11(9)16-12(14)10(7)6-15-2/h3-5,13H,6H2,1-2H3. The van der Waals surface area contributed by atoms with E-state index in [1.54, 1.807) is 12.1 Å². The van der Waals surface area contributed by atoms with Crippen LogP contribution in [0.15, 0.2) is 27.4 Å². The average Bonchev–Trinajstić information content (AvgIpc) is 2.26. The number of aromatic hydroxyl groups is 1. The fourth-order valence-corrected chi connectivity index (χ4v) is 1.69. The maximum Gasteiger partial charge on any atom is 0.342 e. The van der Waals surface area contributed by atoms with Crippen molar-refractivity contribution in [2.75, 3.05) is 7.11 Å². The van der Waals surface area contributed by atoms with Gasteiger partial charge in [0.1, 0.15) is 11.3 Å². The van der Waals surface area contributed by atoms with Crippen molar-refractivity contribution in [3.8, 4) is 5.75 Å². The summed E-state index contributed by atoms with van der Waals surface area (Å²) < 4.78 is 10.1. The van der Waals surface area contributed by atoms with E-state index in [9.17, 15) is 9.90 Å². The highest BCUT2D eigenvalue weighted by Crippen LogP contribution is 2.23. The van der Waals surface area contributed by atoms with Gasteiger partial charge in [-0.05, 0) is 30.7 Å². The third-order valence-electron chi connectivity index (χ3n) is 2.56. The topological polar surface area (TPSA) is 59.7 Å². The molecule has 0 spiro atoms. The zero-order chi connectivity index (χ0) is 11.7. The number of aryl methyl sites for hydroxylation is 1. The number of benzene rings is 1. The number of fused-ring (bicyclic) bond motifs is 1. The van der Waals surface area contributed by atoms with Crippen LogP contribution in [-0.2, 0) is 11.3 Å². The summed E-state index contributed by atoms with van der Waals surface area (Å²) in [7, 11) is 1.52. The second-order valence-electron chi connectivity index (χ2n) is 3.61. The number of hydrogen-bond acceptors (Lipinski definition) is 4. The Kier molecular flexibility index (Phi) is 2.66. The van der Waals surface area contributed by atoms with Gasteiger partial charge < -0.3 is 14.3 Å². The van der Waals surface area contributed by atoms with Crippen LogP contribution in [-0.4, -0.2) is 12.2 Å². The van der Waals surface area contributed by atoms with E-state index in [1.807, 2.05) is 6.92 Å². The highest BCUT2D eigenvalue weighted by Gasteiger charge is 2.11. The van der Waals surface area contributed by atoms with Gasteiger partial charge >= 0.3 is 5.63 Å². The predicted octanol–water partition coefficient (Wildman–Crippen LogP) is 1.95. The van der Waals surface area contributed by atoms with Gasteiger partial charge in [-0.1, -0.05) is 0 Å². The molecule has 0 aliphatic rings. The molecular weight excluding hydrogens is 208 g/mol. The summed E-state index contributed by atoms with van der Waals surface area (Å²) in [5.41, 5.74) is 1.35. The summed E-state index contributed by atoms with van der Waals surface area (Å²) in [6.07, 6.45) is 0. The van der Waals surface area contributed by atoms with E-state index in [-0.39, 0.29) is 12.4 Å². The first-order valence-electron chi connectivity index (χ1n) is 4.87. The van der Waals surface area contributed by atoms with Crippen LogP contribution in [0.5, 0.6) is 5.75 Å². The van der Waals surface area contributed by atoms with Crippen LogP contribution >= 0.6 is 0 Å². The SMILES string of the molecule is COCc1c(C)c2cc(O)ccc2oc1=O. The molecule has 0 fully saturated rings. The molecule has 0 unspecified atom stereocenters. The molecule has 1 heterocycles. The number of ether oxygens (including phenoxy) is 1. The molecule has 0 radical (unpaired) electrons. The minimum absolute atomic E-state index is 0.146. The molecule has 0 aliphatic heterocycles. The summed E-state index contributed by atoms with van der Waals surface area (Å²) in [5, 5.41) is 10.1. The molecule has 2 rings (SSSR count). The van der Waals surface area contributed by atoms with Crippen LogP contribution in [0, 0.1) is 6.92 Å². The predicted molar refractivity (Wildman–Crippen MR) is 59.6 cm³/mol. The third kappa shape index (κ3) is 1.67. The largest absolute Gasteiger partial charge is 0.508 e. The molecule has 0 saturated carbocycles. The highest BCUT2D eigenvalue weighted by molar-refractivity contribution is 5.82. The first kappa shape index (κ1) is 10.7. The lowest BCUT2D eigenvalue weighted by Crippen LogP contribution is -2.10. The molecule has 2 aromatic rings. The maximum atomic E-state index is 11.6. The van der Waals surface area contributed by atoms with Gasteiger partial charge in [-0.25, -0.2) is 4.79 Å². The van der Waals surface area contributed by atoms with Crippen molar-refractivity contribution < 1.29 is 14.3 Å². The Labute approximate surface area is 92.1 Å². The molecule has 1 aromatic carbocycles. The van der Waals surface area contributed by atoms with Gasteiger partial charge in [0.2, 0.25) is 0 Å².